The Kier molecular flexibility index (Phi) is 21.9. The number of ether oxygens (including phenoxy) is 2. The monoisotopic (exact) mass is 616 g/mol. The predicted molar refractivity (Wildman–Crippen MR) is 170 cm³/mol. The van der Waals surface area contributed by atoms with Crippen molar-refractivity contribution >= 4 is 11.9 Å². The minimum absolute atomic E-state index is 0.0548. The van der Waals surface area contributed by atoms with Crippen LogP contribution in [0.2, 0.25) is 0 Å². The molecule has 0 saturated carbocycles. The fraction of sp³-hybridized carbons (Fsp3) is 0.938. The van der Waals surface area contributed by atoms with Crippen molar-refractivity contribution in [3.8, 4) is 0 Å². The highest BCUT2D eigenvalue weighted by molar-refractivity contribution is 5.76. The molecule has 0 radical (unpaired) electrons. The molecule has 0 aromatic rings. The number of carbonyl (C=O) groups is 1. The predicted octanol–water partition coefficient (Wildman–Crippen LogP) is 3.51. The summed E-state index contributed by atoms with van der Waals surface area (Å²) in [5.41, 5.74) is 16.6. The summed E-state index contributed by atoms with van der Waals surface area (Å²) >= 11 is 0. The zero-order valence-corrected chi connectivity index (χ0v) is 26.8. The van der Waals surface area contributed by atoms with E-state index in [9.17, 15) is 25.2 Å². The van der Waals surface area contributed by atoms with Crippen molar-refractivity contribution in [3.63, 3.8) is 0 Å². The van der Waals surface area contributed by atoms with Gasteiger partial charge in [0.15, 0.2) is 5.96 Å². The van der Waals surface area contributed by atoms with Crippen LogP contribution < -0.4 is 17.2 Å². The van der Waals surface area contributed by atoms with Crippen LogP contribution in [0.15, 0.2) is 4.99 Å². The molecule has 1 aliphatic heterocycles. The van der Waals surface area contributed by atoms with Gasteiger partial charge < -0.3 is 47.1 Å². The molecule has 10 N–H and O–H groups in total. The van der Waals surface area contributed by atoms with Gasteiger partial charge in [-0.2, -0.15) is 0 Å². The van der Waals surface area contributed by atoms with E-state index >= 15 is 0 Å². The van der Waals surface area contributed by atoms with Crippen LogP contribution in [0.5, 0.6) is 0 Å². The first-order chi connectivity index (χ1) is 20.7. The smallest absolute Gasteiger partial charge is 0.325 e. The molecule has 1 unspecified atom stereocenters. The second kappa shape index (κ2) is 23.8. The minimum atomic E-state index is -1.92. The molecule has 1 saturated heterocycles. The fourth-order valence-electron chi connectivity index (χ4n) is 5.71. The number of aliphatic imine (C=N–C) groups is 1. The summed E-state index contributed by atoms with van der Waals surface area (Å²) in [6, 6.07) is -1.03. The lowest BCUT2D eigenvalue weighted by Crippen LogP contribution is -2.67. The molecule has 11 nitrogen and oxygen atoms in total. The SMILES string of the molecule is CCCCCCCCCCCCCCCCCCCCC1(OC(=O)[C@@H](N)CCCN=C(N)N)O[C@H](CO)[C@@H](O)[C@H](O)[C@H]1O. The zero-order valence-electron chi connectivity index (χ0n) is 26.8. The number of nitrogens with zero attached hydrogens (tertiary/aromatic N) is 1. The summed E-state index contributed by atoms with van der Waals surface area (Å²) in [4.78, 5) is 16.7. The number of aliphatic hydroxyl groups excluding tert-OH is 4. The molecule has 1 fully saturated rings. The topological polar surface area (TPSA) is 207 Å². The second-order valence-electron chi connectivity index (χ2n) is 12.3. The minimum Gasteiger partial charge on any atom is -0.429 e. The third-order valence-corrected chi connectivity index (χ3v) is 8.46. The number of guanidine groups is 1. The van der Waals surface area contributed by atoms with Crippen molar-refractivity contribution in [2.24, 2.45) is 22.2 Å². The maximum absolute atomic E-state index is 12.8. The normalized spacial score (nSPS) is 24.5. The second-order valence-corrected chi connectivity index (χ2v) is 12.3. The highest BCUT2D eigenvalue weighted by atomic mass is 16.7. The van der Waals surface area contributed by atoms with Crippen LogP contribution in [-0.4, -0.2) is 81.8 Å². The van der Waals surface area contributed by atoms with Gasteiger partial charge in [-0.25, -0.2) is 0 Å². The van der Waals surface area contributed by atoms with Crippen LogP contribution >= 0.6 is 0 Å². The molecule has 254 valence electrons. The van der Waals surface area contributed by atoms with Crippen LogP contribution in [0.25, 0.3) is 0 Å². The van der Waals surface area contributed by atoms with Gasteiger partial charge in [-0.3, -0.25) is 9.79 Å². The number of nitrogens with two attached hydrogens (primary N) is 3. The fourth-order valence-corrected chi connectivity index (χ4v) is 5.71. The van der Waals surface area contributed by atoms with E-state index in [1.807, 2.05) is 0 Å². The summed E-state index contributed by atoms with van der Waals surface area (Å²) < 4.78 is 11.4. The van der Waals surface area contributed by atoms with E-state index in [-0.39, 0.29) is 18.8 Å². The molecule has 43 heavy (non-hydrogen) atoms. The molecular weight excluding hydrogens is 552 g/mol. The molecule has 0 aliphatic carbocycles. The van der Waals surface area contributed by atoms with E-state index in [1.54, 1.807) is 0 Å². The molecule has 0 spiro atoms. The highest BCUT2D eigenvalue weighted by Gasteiger charge is 2.56. The third kappa shape index (κ3) is 16.4. The summed E-state index contributed by atoms with van der Waals surface area (Å²) in [6.07, 6.45) is 16.8. The van der Waals surface area contributed by atoms with Gasteiger partial charge in [0.05, 0.1) is 6.61 Å². The Labute approximate surface area is 260 Å². The average Bonchev–Trinajstić information content (AvgIpc) is 2.99. The quantitative estimate of drug-likeness (QED) is 0.0326. The van der Waals surface area contributed by atoms with Crippen LogP contribution in [0.1, 0.15) is 142 Å². The Morgan fingerprint density at radius 1 is 0.791 bits per heavy atom. The molecule has 11 heteroatoms. The van der Waals surface area contributed by atoms with Crippen molar-refractivity contribution in [2.75, 3.05) is 13.2 Å². The van der Waals surface area contributed by atoms with Gasteiger partial charge in [0, 0.05) is 13.0 Å². The Hall–Kier alpha value is -1.50. The van der Waals surface area contributed by atoms with Crippen molar-refractivity contribution in [1.82, 2.24) is 0 Å². The number of hydrogen-bond acceptors (Lipinski definition) is 9. The van der Waals surface area contributed by atoms with Crippen LogP contribution in [0, 0.1) is 0 Å². The van der Waals surface area contributed by atoms with E-state index in [4.69, 9.17) is 26.7 Å². The van der Waals surface area contributed by atoms with Crippen molar-refractivity contribution in [3.05, 3.63) is 0 Å². The van der Waals surface area contributed by atoms with E-state index in [0.29, 0.717) is 19.4 Å². The lowest BCUT2D eigenvalue weighted by atomic mass is 9.89. The third-order valence-electron chi connectivity index (χ3n) is 8.46. The Bertz CT molecular complexity index is 739. The first-order valence-corrected chi connectivity index (χ1v) is 17.0. The first-order valence-electron chi connectivity index (χ1n) is 17.0. The molecule has 0 aromatic carbocycles. The lowest BCUT2D eigenvalue weighted by molar-refractivity contribution is -0.354. The molecule has 0 bridgehead atoms. The van der Waals surface area contributed by atoms with Crippen molar-refractivity contribution in [2.45, 2.75) is 178 Å². The standard InChI is InChI=1S/C32H64N4O7/c1-2-3-4-5-6-7-8-9-10-11-12-13-14-15-16-17-18-19-22-32(29(40)28(39)27(38)26(24-37)42-32)43-30(41)25(33)21-20-23-36-31(34)35/h25-29,37-40H,2-24,33H2,1H3,(H4,34,35,36)/t25-,26+,27+,28-,29+,32?/m0/s1. The molecule has 1 heterocycles. The number of esters is 1. The summed E-state index contributed by atoms with van der Waals surface area (Å²) in [6.45, 7) is 1.94. The largest absolute Gasteiger partial charge is 0.429 e. The van der Waals surface area contributed by atoms with Gasteiger partial charge in [-0.15, -0.1) is 0 Å². The van der Waals surface area contributed by atoms with Crippen LogP contribution in [0.3, 0.4) is 0 Å². The van der Waals surface area contributed by atoms with E-state index in [0.717, 1.165) is 19.3 Å². The molecule has 6 atom stereocenters. The molecule has 0 aromatic heterocycles. The van der Waals surface area contributed by atoms with Crippen molar-refractivity contribution in [1.29, 1.82) is 0 Å². The summed E-state index contributed by atoms with van der Waals surface area (Å²) in [7, 11) is 0. The first kappa shape index (κ1) is 39.5. The van der Waals surface area contributed by atoms with Gasteiger partial charge in [0.25, 0.3) is 0 Å². The number of hydrogen-bond donors (Lipinski definition) is 7. The summed E-state index contributed by atoms with van der Waals surface area (Å²) in [5, 5.41) is 41.2. The maximum atomic E-state index is 12.8. The van der Waals surface area contributed by atoms with Gasteiger partial charge >= 0.3 is 5.97 Å². The van der Waals surface area contributed by atoms with Gasteiger partial charge in [0.2, 0.25) is 5.79 Å². The average molecular weight is 617 g/mol. The Morgan fingerprint density at radius 3 is 1.70 bits per heavy atom. The Balaban J connectivity index is 2.36. The van der Waals surface area contributed by atoms with Crippen LogP contribution in [0.4, 0.5) is 0 Å². The zero-order chi connectivity index (χ0) is 31.9. The molecule has 1 rings (SSSR count). The van der Waals surface area contributed by atoms with Gasteiger partial charge in [-0.1, -0.05) is 116 Å². The maximum Gasteiger partial charge on any atom is 0.325 e. The number of rotatable bonds is 26. The van der Waals surface area contributed by atoms with Gasteiger partial charge in [0.1, 0.15) is 30.5 Å². The van der Waals surface area contributed by atoms with Crippen molar-refractivity contribution < 1.29 is 34.7 Å². The molecular formula is C32H64N4O7. The molecule has 0 amide bonds. The highest BCUT2D eigenvalue weighted by Crippen LogP contribution is 2.36. The van der Waals surface area contributed by atoms with E-state index < -0.39 is 48.8 Å². The summed E-state index contributed by atoms with van der Waals surface area (Å²) in [5.74, 6) is -2.79. The van der Waals surface area contributed by atoms with E-state index in [1.165, 1.54) is 89.9 Å². The number of aliphatic hydroxyl groups is 4. The van der Waals surface area contributed by atoms with E-state index in [2.05, 4.69) is 11.9 Å². The Morgan fingerprint density at radius 2 is 1.26 bits per heavy atom. The van der Waals surface area contributed by atoms with Gasteiger partial charge in [-0.05, 0) is 19.3 Å². The number of carbonyl (C=O) groups excluding carboxylic acids is 1. The number of unbranched alkanes of at least 4 members (excludes halogenated alkanes) is 17. The lowest BCUT2D eigenvalue weighted by Gasteiger charge is -2.47. The van der Waals surface area contributed by atoms with Crippen LogP contribution in [-0.2, 0) is 14.3 Å². The molecule has 1 aliphatic rings.